The van der Waals surface area contributed by atoms with Crippen molar-refractivity contribution in [3.05, 3.63) is 58.0 Å². The second-order valence-electron chi connectivity index (χ2n) is 5.67. The van der Waals surface area contributed by atoms with Crippen LogP contribution in [0.25, 0.3) is 22.4 Å². The number of hydrogen-bond acceptors (Lipinski definition) is 3. The van der Waals surface area contributed by atoms with Crippen LogP contribution in [0.4, 0.5) is 0 Å². The molecule has 22 heavy (non-hydrogen) atoms. The quantitative estimate of drug-likeness (QED) is 0.743. The monoisotopic (exact) mass is 311 g/mol. The molecule has 0 spiro atoms. The molecule has 1 aliphatic rings. The summed E-state index contributed by atoms with van der Waals surface area (Å²) in [6.07, 6.45) is 4.06. The molecule has 0 N–H and O–H groups in total. The molecule has 0 bridgehead atoms. The highest BCUT2D eigenvalue weighted by molar-refractivity contribution is 6.30. The summed E-state index contributed by atoms with van der Waals surface area (Å²) >= 11 is 5.93. The molecule has 110 valence electrons. The maximum absolute atomic E-state index is 12.9. The van der Waals surface area contributed by atoms with E-state index in [0.717, 1.165) is 17.6 Å². The first-order chi connectivity index (χ1) is 10.7. The molecular weight excluding hydrogens is 298 g/mol. The van der Waals surface area contributed by atoms with Gasteiger partial charge in [0.1, 0.15) is 11.2 Å². The Kier molecular flexibility index (Phi) is 3.19. The van der Waals surface area contributed by atoms with Gasteiger partial charge in [-0.1, -0.05) is 23.7 Å². The molecule has 0 radical (unpaired) electrons. The van der Waals surface area contributed by atoms with Crippen LogP contribution in [0.15, 0.2) is 47.4 Å². The molecule has 5 heteroatoms. The van der Waals surface area contributed by atoms with E-state index < -0.39 is 0 Å². The summed E-state index contributed by atoms with van der Waals surface area (Å²) < 4.78 is 1.77. The molecule has 3 aromatic rings. The van der Waals surface area contributed by atoms with E-state index in [1.165, 1.54) is 12.8 Å². The van der Waals surface area contributed by atoms with Crippen LogP contribution >= 0.6 is 11.6 Å². The zero-order valence-corrected chi connectivity index (χ0v) is 12.6. The smallest absolute Gasteiger partial charge is 0.278 e. The van der Waals surface area contributed by atoms with Gasteiger partial charge in [-0.2, -0.15) is 0 Å². The predicted molar refractivity (Wildman–Crippen MR) is 87.0 cm³/mol. The zero-order chi connectivity index (χ0) is 15.1. The first-order valence-electron chi connectivity index (χ1n) is 7.34. The van der Waals surface area contributed by atoms with Crippen LogP contribution in [-0.2, 0) is 6.54 Å². The van der Waals surface area contributed by atoms with Crippen LogP contribution in [-0.4, -0.2) is 14.5 Å². The van der Waals surface area contributed by atoms with Crippen LogP contribution in [0.5, 0.6) is 0 Å². The minimum atomic E-state index is -0.0829. The Labute approximate surface area is 132 Å². The highest BCUT2D eigenvalue weighted by atomic mass is 35.5. The fourth-order valence-corrected chi connectivity index (χ4v) is 2.73. The molecule has 0 aliphatic heterocycles. The van der Waals surface area contributed by atoms with Crippen LogP contribution in [0, 0.1) is 5.92 Å². The normalized spacial score (nSPS) is 14.4. The molecule has 1 aliphatic carbocycles. The molecule has 1 saturated carbocycles. The van der Waals surface area contributed by atoms with Crippen LogP contribution in [0.3, 0.4) is 0 Å². The molecule has 2 heterocycles. The van der Waals surface area contributed by atoms with E-state index in [1.54, 1.807) is 22.9 Å². The fraction of sp³-hybridized carbons (Fsp3) is 0.235. The predicted octanol–water partition coefficient (Wildman–Crippen LogP) is 3.52. The third kappa shape index (κ3) is 2.40. The Morgan fingerprint density at radius 2 is 1.95 bits per heavy atom. The average Bonchev–Trinajstić information content (AvgIpc) is 3.35. The van der Waals surface area contributed by atoms with E-state index >= 15 is 0 Å². The summed E-state index contributed by atoms with van der Waals surface area (Å²) in [6.45, 7) is 0.718. The molecule has 0 saturated heterocycles. The van der Waals surface area contributed by atoms with Gasteiger partial charge in [0.2, 0.25) is 0 Å². The van der Waals surface area contributed by atoms with Gasteiger partial charge in [-0.05, 0) is 43.0 Å². The maximum Gasteiger partial charge on any atom is 0.278 e. The molecule has 4 nitrogen and oxygen atoms in total. The van der Waals surface area contributed by atoms with Gasteiger partial charge in [0.05, 0.1) is 0 Å². The highest BCUT2D eigenvalue weighted by Crippen LogP contribution is 2.31. The second kappa shape index (κ2) is 5.21. The Hall–Kier alpha value is -2.20. The van der Waals surface area contributed by atoms with Crippen molar-refractivity contribution >= 4 is 22.8 Å². The first kappa shape index (κ1) is 13.5. The molecule has 0 unspecified atom stereocenters. The molecule has 4 rings (SSSR count). The lowest BCUT2D eigenvalue weighted by Gasteiger charge is -2.11. The van der Waals surface area contributed by atoms with Gasteiger partial charge in [0, 0.05) is 23.3 Å². The van der Waals surface area contributed by atoms with Gasteiger partial charge in [-0.3, -0.25) is 9.36 Å². The van der Waals surface area contributed by atoms with Crippen molar-refractivity contribution in [2.75, 3.05) is 0 Å². The van der Waals surface area contributed by atoms with E-state index in [2.05, 4.69) is 9.97 Å². The van der Waals surface area contributed by atoms with E-state index in [4.69, 9.17) is 11.6 Å². The Balaban J connectivity index is 1.96. The summed E-state index contributed by atoms with van der Waals surface area (Å²) in [6, 6.07) is 10.9. The minimum Gasteiger partial charge on any atom is -0.289 e. The first-order valence-corrected chi connectivity index (χ1v) is 7.71. The lowest BCUT2D eigenvalue weighted by atomic mass is 10.1. The summed E-state index contributed by atoms with van der Waals surface area (Å²) in [4.78, 5) is 21.7. The average molecular weight is 312 g/mol. The zero-order valence-electron chi connectivity index (χ0n) is 11.9. The molecule has 0 amide bonds. The van der Waals surface area contributed by atoms with E-state index in [1.807, 2.05) is 24.3 Å². The number of benzene rings is 1. The van der Waals surface area contributed by atoms with Crippen molar-refractivity contribution in [1.82, 2.24) is 14.5 Å². The van der Waals surface area contributed by atoms with Gasteiger partial charge in [-0.15, -0.1) is 0 Å². The van der Waals surface area contributed by atoms with Crippen molar-refractivity contribution in [3.63, 3.8) is 0 Å². The van der Waals surface area contributed by atoms with Crippen molar-refractivity contribution in [2.45, 2.75) is 19.4 Å². The van der Waals surface area contributed by atoms with Gasteiger partial charge >= 0.3 is 0 Å². The summed E-state index contributed by atoms with van der Waals surface area (Å²) in [5.74, 6) is 0.586. The van der Waals surface area contributed by atoms with Crippen molar-refractivity contribution < 1.29 is 0 Å². The lowest BCUT2D eigenvalue weighted by Crippen LogP contribution is -2.25. The van der Waals surface area contributed by atoms with E-state index in [-0.39, 0.29) is 5.56 Å². The Morgan fingerprint density at radius 1 is 1.18 bits per heavy atom. The number of fused-ring (bicyclic) bond motifs is 1. The summed E-state index contributed by atoms with van der Waals surface area (Å²) in [5.41, 5.74) is 2.56. The number of aromatic nitrogens is 3. The molecular formula is C17H14ClN3O. The molecule has 0 atom stereocenters. The molecule has 2 aromatic heterocycles. The number of hydrogen-bond donors (Lipinski definition) is 0. The van der Waals surface area contributed by atoms with E-state index in [9.17, 15) is 4.79 Å². The third-order valence-electron chi connectivity index (χ3n) is 3.96. The van der Waals surface area contributed by atoms with Crippen LogP contribution in [0.1, 0.15) is 12.8 Å². The van der Waals surface area contributed by atoms with Gasteiger partial charge < -0.3 is 0 Å². The third-order valence-corrected chi connectivity index (χ3v) is 4.21. The van der Waals surface area contributed by atoms with Crippen molar-refractivity contribution in [3.8, 4) is 11.3 Å². The number of halogens is 1. The number of nitrogens with zero attached hydrogens (tertiary/aromatic N) is 3. The highest BCUT2D eigenvalue weighted by Gasteiger charge is 2.24. The topological polar surface area (TPSA) is 47.8 Å². The van der Waals surface area contributed by atoms with E-state index in [0.29, 0.717) is 22.3 Å². The Morgan fingerprint density at radius 3 is 2.68 bits per heavy atom. The number of rotatable bonds is 3. The molecule has 1 aromatic carbocycles. The molecule has 1 fully saturated rings. The van der Waals surface area contributed by atoms with Crippen molar-refractivity contribution in [2.24, 2.45) is 5.92 Å². The second-order valence-corrected chi connectivity index (χ2v) is 6.11. The SMILES string of the molecule is O=c1c(-c2ccc(Cl)cc2)nc2cccnc2n1CC1CC1. The Bertz CT molecular complexity index is 898. The largest absolute Gasteiger partial charge is 0.289 e. The standard InChI is InChI=1S/C17H14ClN3O/c18-13-7-5-12(6-8-13)15-17(22)21(10-11-3-4-11)16-14(20-15)2-1-9-19-16/h1-2,5-9,11H,3-4,10H2. The van der Waals surface area contributed by atoms with Crippen LogP contribution in [0.2, 0.25) is 5.02 Å². The van der Waals surface area contributed by atoms with Gasteiger partial charge in [-0.25, -0.2) is 9.97 Å². The van der Waals surface area contributed by atoms with Crippen LogP contribution < -0.4 is 5.56 Å². The van der Waals surface area contributed by atoms with Gasteiger partial charge in [0.15, 0.2) is 5.65 Å². The van der Waals surface area contributed by atoms with Gasteiger partial charge in [0.25, 0.3) is 5.56 Å². The minimum absolute atomic E-state index is 0.0829. The summed E-state index contributed by atoms with van der Waals surface area (Å²) in [7, 11) is 0. The fourth-order valence-electron chi connectivity index (χ4n) is 2.60. The van der Waals surface area contributed by atoms with Crippen molar-refractivity contribution in [1.29, 1.82) is 0 Å². The number of pyridine rings is 1. The summed E-state index contributed by atoms with van der Waals surface area (Å²) in [5, 5.41) is 0.643. The lowest BCUT2D eigenvalue weighted by molar-refractivity contribution is 0.620. The maximum atomic E-state index is 12.9.